The molecule has 0 fully saturated rings. The van der Waals surface area contributed by atoms with Crippen molar-refractivity contribution in [1.82, 2.24) is 10.1 Å². The van der Waals surface area contributed by atoms with Gasteiger partial charge in [-0.15, -0.1) is 0 Å². The Hall–Kier alpha value is -1.04. The van der Waals surface area contributed by atoms with Crippen molar-refractivity contribution in [3.8, 4) is 0 Å². The van der Waals surface area contributed by atoms with E-state index in [2.05, 4.69) is 10.1 Å². The predicted octanol–water partition coefficient (Wildman–Crippen LogP) is 3.07. The number of halogens is 1. The van der Waals surface area contributed by atoms with Crippen molar-refractivity contribution >= 4 is 23.4 Å². The second-order valence-electron chi connectivity index (χ2n) is 4.24. The van der Waals surface area contributed by atoms with Crippen molar-refractivity contribution in [1.29, 1.82) is 0 Å². The van der Waals surface area contributed by atoms with Gasteiger partial charge in [-0.05, 0) is 36.1 Å². The van der Waals surface area contributed by atoms with E-state index in [4.69, 9.17) is 21.9 Å². The standard InChI is InChI=1S/C13H16ClN3OS/c1-19-6-5-11(15)13-16-12(17-18-13)8-9-3-2-4-10(14)7-9/h2-4,7,11H,5-6,8,15H2,1H3/t11-/m0/s1. The molecule has 102 valence electrons. The zero-order valence-corrected chi connectivity index (χ0v) is 12.2. The van der Waals surface area contributed by atoms with Crippen LogP contribution in [0.1, 0.15) is 29.7 Å². The van der Waals surface area contributed by atoms with Gasteiger partial charge in [0.1, 0.15) is 0 Å². The fourth-order valence-corrected chi connectivity index (χ4v) is 2.39. The van der Waals surface area contributed by atoms with E-state index in [0.717, 1.165) is 17.7 Å². The minimum absolute atomic E-state index is 0.187. The average molecular weight is 298 g/mol. The maximum absolute atomic E-state index is 5.98. The number of benzene rings is 1. The molecule has 0 amide bonds. The minimum atomic E-state index is -0.187. The van der Waals surface area contributed by atoms with Crippen LogP contribution in [0.2, 0.25) is 5.02 Å². The van der Waals surface area contributed by atoms with Crippen molar-refractivity contribution in [2.24, 2.45) is 5.73 Å². The number of rotatable bonds is 6. The Labute approximate surface area is 121 Å². The molecular formula is C13H16ClN3OS. The molecule has 2 rings (SSSR count). The molecule has 1 aromatic carbocycles. The molecule has 0 aliphatic rings. The van der Waals surface area contributed by atoms with E-state index < -0.39 is 0 Å². The van der Waals surface area contributed by atoms with Crippen molar-refractivity contribution < 1.29 is 4.52 Å². The Morgan fingerprint density at radius 3 is 3.05 bits per heavy atom. The van der Waals surface area contributed by atoms with Crippen LogP contribution in [0.4, 0.5) is 0 Å². The number of hydrogen-bond acceptors (Lipinski definition) is 5. The zero-order valence-electron chi connectivity index (χ0n) is 10.7. The molecule has 0 spiro atoms. The Balaban J connectivity index is 2.01. The Morgan fingerprint density at radius 1 is 1.47 bits per heavy atom. The van der Waals surface area contributed by atoms with Gasteiger partial charge in [0.05, 0.1) is 6.04 Å². The fraction of sp³-hybridized carbons (Fsp3) is 0.385. The van der Waals surface area contributed by atoms with Crippen molar-refractivity contribution in [2.45, 2.75) is 18.9 Å². The fourth-order valence-electron chi connectivity index (χ4n) is 1.69. The number of nitrogens with zero attached hydrogens (tertiary/aromatic N) is 2. The summed E-state index contributed by atoms with van der Waals surface area (Å²) in [5.41, 5.74) is 7.03. The second kappa shape index (κ2) is 6.93. The Bertz CT molecular complexity index is 532. The smallest absolute Gasteiger partial charge is 0.243 e. The lowest BCUT2D eigenvalue weighted by Crippen LogP contribution is -2.11. The topological polar surface area (TPSA) is 64.9 Å². The summed E-state index contributed by atoms with van der Waals surface area (Å²) in [6.45, 7) is 0. The maximum Gasteiger partial charge on any atom is 0.243 e. The highest BCUT2D eigenvalue weighted by Gasteiger charge is 2.14. The number of aromatic nitrogens is 2. The third-order valence-electron chi connectivity index (χ3n) is 2.69. The first kappa shape index (κ1) is 14.4. The van der Waals surface area contributed by atoms with Crippen LogP contribution in [0.3, 0.4) is 0 Å². The third-order valence-corrected chi connectivity index (χ3v) is 3.56. The molecule has 2 N–H and O–H groups in total. The molecule has 0 aliphatic carbocycles. The van der Waals surface area contributed by atoms with Gasteiger partial charge in [-0.1, -0.05) is 28.9 Å². The van der Waals surface area contributed by atoms with E-state index in [1.807, 2.05) is 30.5 Å². The van der Waals surface area contributed by atoms with Crippen molar-refractivity contribution in [3.63, 3.8) is 0 Å². The summed E-state index contributed by atoms with van der Waals surface area (Å²) in [5.74, 6) is 2.12. The Morgan fingerprint density at radius 2 is 2.32 bits per heavy atom. The summed E-state index contributed by atoms with van der Waals surface area (Å²) in [4.78, 5) is 4.33. The molecule has 1 heterocycles. The lowest BCUT2D eigenvalue weighted by molar-refractivity contribution is 0.349. The quantitative estimate of drug-likeness (QED) is 0.887. The van der Waals surface area contributed by atoms with Gasteiger partial charge in [-0.3, -0.25) is 0 Å². The molecule has 1 aromatic heterocycles. The highest BCUT2D eigenvalue weighted by molar-refractivity contribution is 7.98. The van der Waals surface area contributed by atoms with Gasteiger partial charge in [0, 0.05) is 11.4 Å². The molecule has 0 unspecified atom stereocenters. The summed E-state index contributed by atoms with van der Waals surface area (Å²) >= 11 is 7.69. The summed E-state index contributed by atoms with van der Waals surface area (Å²) in [5, 5.41) is 4.66. The predicted molar refractivity (Wildman–Crippen MR) is 78.5 cm³/mol. The van der Waals surface area contributed by atoms with E-state index in [-0.39, 0.29) is 6.04 Å². The lowest BCUT2D eigenvalue weighted by Gasteiger charge is -2.03. The third kappa shape index (κ3) is 4.23. The molecule has 1 atom stereocenters. The monoisotopic (exact) mass is 297 g/mol. The molecule has 19 heavy (non-hydrogen) atoms. The van der Waals surface area contributed by atoms with Gasteiger partial charge >= 0.3 is 0 Å². The first-order valence-corrected chi connectivity index (χ1v) is 7.77. The molecule has 0 bridgehead atoms. The molecule has 0 saturated carbocycles. The van der Waals surface area contributed by atoms with E-state index in [1.54, 1.807) is 11.8 Å². The van der Waals surface area contributed by atoms with Crippen LogP contribution in [0.15, 0.2) is 28.8 Å². The highest BCUT2D eigenvalue weighted by Crippen LogP contribution is 2.17. The minimum Gasteiger partial charge on any atom is -0.338 e. The molecule has 4 nitrogen and oxygen atoms in total. The van der Waals surface area contributed by atoms with Crippen LogP contribution in [-0.4, -0.2) is 22.1 Å². The first-order valence-electron chi connectivity index (χ1n) is 6.00. The van der Waals surface area contributed by atoms with E-state index in [0.29, 0.717) is 23.2 Å². The molecule has 2 aromatic rings. The molecule has 0 saturated heterocycles. The molecule has 0 aliphatic heterocycles. The van der Waals surface area contributed by atoms with Crippen LogP contribution in [-0.2, 0) is 6.42 Å². The zero-order chi connectivity index (χ0) is 13.7. The van der Waals surface area contributed by atoms with E-state index in [9.17, 15) is 0 Å². The molecular weight excluding hydrogens is 282 g/mol. The average Bonchev–Trinajstić information content (AvgIpc) is 2.84. The van der Waals surface area contributed by atoms with Gasteiger partial charge in [0.25, 0.3) is 0 Å². The number of thioether (sulfide) groups is 1. The van der Waals surface area contributed by atoms with Gasteiger partial charge in [-0.2, -0.15) is 16.7 Å². The van der Waals surface area contributed by atoms with Crippen LogP contribution < -0.4 is 5.73 Å². The van der Waals surface area contributed by atoms with Gasteiger partial charge < -0.3 is 10.3 Å². The number of hydrogen-bond donors (Lipinski definition) is 1. The van der Waals surface area contributed by atoms with Crippen LogP contribution in [0, 0.1) is 0 Å². The van der Waals surface area contributed by atoms with Crippen LogP contribution in [0.25, 0.3) is 0 Å². The van der Waals surface area contributed by atoms with E-state index >= 15 is 0 Å². The Kier molecular flexibility index (Phi) is 5.24. The van der Waals surface area contributed by atoms with Gasteiger partial charge in [0.2, 0.25) is 5.89 Å². The molecule has 6 heteroatoms. The van der Waals surface area contributed by atoms with Gasteiger partial charge in [-0.25, -0.2) is 0 Å². The summed E-state index contributed by atoms with van der Waals surface area (Å²) in [7, 11) is 0. The summed E-state index contributed by atoms with van der Waals surface area (Å²) < 4.78 is 5.20. The van der Waals surface area contributed by atoms with Crippen LogP contribution >= 0.6 is 23.4 Å². The SMILES string of the molecule is CSCC[C@H](N)c1nc(Cc2cccc(Cl)c2)no1. The second-order valence-corrected chi connectivity index (χ2v) is 5.67. The van der Waals surface area contributed by atoms with Crippen molar-refractivity contribution in [2.75, 3.05) is 12.0 Å². The van der Waals surface area contributed by atoms with Crippen molar-refractivity contribution in [3.05, 3.63) is 46.6 Å². The summed E-state index contributed by atoms with van der Waals surface area (Å²) in [6, 6.07) is 7.43. The van der Waals surface area contributed by atoms with Gasteiger partial charge in [0.15, 0.2) is 5.82 Å². The highest BCUT2D eigenvalue weighted by atomic mass is 35.5. The summed E-state index contributed by atoms with van der Waals surface area (Å²) in [6.07, 6.45) is 3.48. The normalized spacial score (nSPS) is 12.6. The van der Waals surface area contributed by atoms with E-state index in [1.165, 1.54) is 0 Å². The first-order chi connectivity index (χ1) is 9.19. The maximum atomic E-state index is 5.98. The molecule has 0 radical (unpaired) electrons. The lowest BCUT2D eigenvalue weighted by atomic mass is 10.1. The van der Waals surface area contributed by atoms with Crippen LogP contribution in [0.5, 0.6) is 0 Å². The number of nitrogens with two attached hydrogens (primary N) is 1. The largest absolute Gasteiger partial charge is 0.338 e.